The molecule has 0 aromatic carbocycles. The third-order valence-corrected chi connectivity index (χ3v) is 14.5. The van der Waals surface area contributed by atoms with Crippen LogP contribution in [-0.2, 0) is 14.3 Å². The van der Waals surface area contributed by atoms with Crippen molar-refractivity contribution in [3.05, 3.63) is 24.3 Å². The number of nitrogens with one attached hydrogen (secondary N) is 1. The summed E-state index contributed by atoms with van der Waals surface area (Å²) in [6, 6.07) is -0.549. The lowest BCUT2D eigenvalue weighted by molar-refractivity contribution is -0.143. The molecule has 69 heavy (non-hydrogen) atoms. The Labute approximate surface area is 431 Å². The van der Waals surface area contributed by atoms with Gasteiger partial charge in [0.05, 0.1) is 25.4 Å². The molecule has 6 nitrogen and oxygen atoms in total. The Kier molecular flexibility index (Phi) is 57.5. The van der Waals surface area contributed by atoms with Crippen molar-refractivity contribution in [3.63, 3.8) is 0 Å². The topological polar surface area (TPSA) is 95.9 Å². The van der Waals surface area contributed by atoms with Gasteiger partial charge in [-0.05, 0) is 57.8 Å². The summed E-state index contributed by atoms with van der Waals surface area (Å²) in [5, 5.41) is 23.3. The third kappa shape index (κ3) is 55.5. The smallest absolute Gasteiger partial charge is 0.305 e. The first-order chi connectivity index (χ1) is 34.0. The number of ether oxygens (including phenoxy) is 1. The molecule has 0 aliphatic carbocycles. The SMILES string of the molecule is CCCCCCCCCCCCCCCCCCCCC(O)C(CO)NC(=O)CCCCCCCCCCCC/C=C\C=C/CCCCCOC(=O)CCCCCCCCCCCCCCCCC. The number of unbranched alkanes of at least 4 members (excludes halogenated alkanes) is 44. The molecule has 0 aromatic rings. The molecular formula is C63H121NO5. The van der Waals surface area contributed by atoms with E-state index >= 15 is 0 Å². The lowest BCUT2D eigenvalue weighted by atomic mass is 10.0. The van der Waals surface area contributed by atoms with Crippen LogP contribution in [0.25, 0.3) is 0 Å². The zero-order valence-electron chi connectivity index (χ0n) is 46.6. The fourth-order valence-corrected chi connectivity index (χ4v) is 9.75. The Hall–Kier alpha value is -1.66. The summed E-state index contributed by atoms with van der Waals surface area (Å²) in [7, 11) is 0. The maximum absolute atomic E-state index is 12.5. The van der Waals surface area contributed by atoms with E-state index in [0.717, 1.165) is 70.6 Å². The van der Waals surface area contributed by atoms with Gasteiger partial charge in [0.15, 0.2) is 0 Å². The Morgan fingerprint density at radius 2 is 0.710 bits per heavy atom. The van der Waals surface area contributed by atoms with Crippen LogP contribution in [0.1, 0.15) is 341 Å². The van der Waals surface area contributed by atoms with Crippen molar-refractivity contribution in [1.29, 1.82) is 0 Å². The average Bonchev–Trinajstić information content (AvgIpc) is 3.35. The van der Waals surface area contributed by atoms with Crippen LogP contribution < -0.4 is 5.32 Å². The molecule has 0 spiro atoms. The molecule has 2 unspecified atom stereocenters. The molecule has 0 fully saturated rings. The second-order valence-electron chi connectivity index (χ2n) is 21.4. The number of allylic oxidation sites excluding steroid dienone is 4. The lowest BCUT2D eigenvalue weighted by Crippen LogP contribution is -2.45. The van der Waals surface area contributed by atoms with Gasteiger partial charge in [0.1, 0.15) is 0 Å². The first-order valence-electron chi connectivity index (χ1n) is 31.1. The fourth-order valence-electron chi connectivity index (χ4n) is 9.75. The number of rotatable bonds is 58. The molecule has 0 heterocycles. The maximum Gasteiger partial charge on any atom is 0.305 e. The molecule has 3 N–H and O–H groups in total. The van der Waals surface area contributed by atoms with Crippen molar-refractivity contribution >= 4 is 11.9 Å². The van der Waals surface area contributed by atoms with Crippen LogP contribution in [0.5, 0.6) is 0 Å². The number of carbonyl (C=O) groups excluding carboxylic acids is 2. The van der Waals surface area contributed by atoms with E-state index < -0.39 is 12.1 Å². The molecule has 0 rings (SSSR count). The van der Waals surface area contributed by atoms with Crippen LogP contribution in [0.3, 0.4) is 0 Å². The highest BCUT2D eigenvalue weighted by Crippen LogP contribution is 2.18. The van der Waals surface area contributed by atoms with Gasteiger partial charge in [-0.2, -0.15) is 0 Å². The van der Waals surface area contributed by atoms with Crippen molar-refractivity contribution in [2.45, 2.75) is 353 Å². The van der Waals surface area contributed by atoms with E-state index in [2.05, 4.69) is 43.5 Å². The van der Waals surface area contributed by atoms with Crippen LogP contribution in [0.4, 0.5) is 0 Å². The van der Waals surface area contributed by atoms with Gasteiger partial charge in [0, 0.05) is 12.8 Å². The average molecular weight is 973 g/mol. The van der Waals surface area contributed by atoms with Crippen molar-refractivity contribution < 1.29 is 24.5 Å². The standard InChI is InChI=1S/C63H121NO5/c1-3-5-7-9-11-13-15-17-19-20-24-28-31-35-39-43-47-51-55-61(66)60(59-65)64-62(67)56-52-48-44-40-36-32-29-25-22-21-23-26-30-34-38-42-46-50-54-58-69-63(68)57-53-49-45-41-37-33-27-18-16-14-12-10-8-6-4-2/h26,30,34,38,60-61,65-66H,3-25,27-29,31-33,35-37,39-59H2,1-2H3,(H,64,67)/b30-26-,38-34-. The van der Waals surface area contributed by atoms with Crippen LogP contribution >= 0.6 is 0 Å². The first kappa shape index (κ1) is 67.3. The Bertz CT molecular complexity index is 1080. The highest BCUT2D eigenvalue weighted by Gasteiger charge is 2.20. The molecule has 0 saturated heterocycles. The summed E-state index contributed by atoms with van der Waals surface area (Å²) in [5.74, 6) is -0.0519. The molecular weight excluding hydrogens is 851 g/mol. The van der Waals surface area contributed by atoms with E-state index in [4.69, 9.17) is 4.74 Å². The summed E-state index contributed by atoms with van der Waals surface area (Å²) in [6.07, 6.45) is 71.8. The molecule has 2 atom stereocenters. The van der Waals surface area contributed by atoms with Gasteiger partial charge < -0.3 is 20.3 Å². The van der Waals surface area contributed by atoms with Gasteiger partial charge in [-0.1, -0.05) is 295 Å². The second kappa shape index (κ2) is 58.9. The van der Waals surface area contributed by atoms with Crippen LogP contribution in [-0.4, -0.2) is 47.4 Å². The molecule has 0 bridgehead atoms. The monoisotopic (exact) mass is 972 g/mol. The van der Waals surface area contributed by atoms with E-state index in [1.54, 1.807) is 0 Å². The Morgan fingerprint density at radius 1 is 0.406 bits per heavy atom. The summed E-state index contributed by atoms with van der Waals surface area (Å²) < 4.78 is 5.46. The molecule has 1 amide bonds. The number of aliphatic hydroxyl groups is 2. The quantitative estimate of drug-likeness (QED) is 0.0321. The highest BCUT2D eigenvalue weighted by atomic mass is 16.5. The van der Waals surface area contributed by atoms with Gasteiger partial charge in [-0.25, -0.2) is 0 Å². The normalized spacial score (nSPS) is 12.7. The lowest BCUT2D eigenvalue weighted by Gasteiger charge is -2.22. The zero-order chi connectivity index (χ0) is 50.0. The largest absolute Gasteiger partial charge is 0.466 e. The minimum atomic E-state index is -0.671. The predicted molar refractivity (Wildman–Crippen MR) is 301 cm³/mol. The molecule has 0 saturated carbocycles. The van der Waals surface area contributed by atoms with E-state index in [1.807, 2.05) is 0 Å². The van der Waals surface area contributed by atoms with Gasteiger partial charge in [-0.15, -0.1) is 0 Å². The summed E-state index contributed by atoms with van der Waals surface area (Å²) in [6.45, 7) is 4.94. The zero-order valence-corrected chi connectivity index (χ0v) is 46.6. The van der Waals surface area contributed by atoms with E-state index in [0.29, 0.717) is 25.9 Å². The number of esters is 1. The Morgan fingerprint density at radius 3 is 1.07 bits per heavy atom. The van der Waals surface area contributed by atoms with Crippen molar-refractivity contribution in [1.82, 2.24) is 5.32 Å². The molecule has 0 aliphatic rings. The highest BCUT2D eigenvalue weighted by molar-refractivity contribution is 5.76. The maximum atomic E-state index is 12.5. The van der Waals surface area contributed by atoms with Gasteiger partial charge in [0.2, 0.25) is 5.91 Å². The predicted octanol–water partition coefficient (Wildman–Crippen LogP) is 19.4. The van der Waals surface area contributed by atoms with Crippen molar-refractivity contribution in [3.8, 4) is 0 Å². The Balaban J connectivity index is 3.46. The number of hydrogen-bond donors (Lipinski definition) is 3. The van der Waals surface area contributed by atoms with Crippen LogP contribution in [0.15, 0.2) is 24.3 Å². The fraction of sp³-hybridized carbons (Fsp3) is 0.905. The molecule has 408 valence electrons. The number of hydrogen-bond acceptors (Lipinski definition) is 5. The third-order valence-electron chi connectivity index (χ3n) is 14.5. The van der Waals surface area contributed by atoms with Gasteiger partial charge >= 0.3 is 5.97 Å². The summed E-state index contributed by atoms with van der Waals surface area (Å²) >= 11 is 0. The van der Waals surface area contributed by atoms with Crippen LogP contribution in [0.2, 0.25) is 0 Å². The minimum Gasteiger partial charge on any atom is -0.466 e. The number of amides is 1. The van der Waals surface area contributed by atoms with E-state index in [9.17, 15) is 19.8 Å². The van der Waals surface area contributed by atoms with Crippen LogP contribution in [0, 0.1) is 0 Å². The van der Waals surface area contributed by atoms with E-state index in [-0.39, 0.29) is 18.5 Å². The summed E-state index contributed by atoms with van der Waals surface area (Å²) in [5.41, 5.74) is 0. The van der Waals surface area contributed by atoms with Crippen molar-refractivity contribution in [2.24, 2.45) is 0 Å². The van der Waals surface area contributed by atoms with Gasteiger partial charge in [0.25, 0.3) is 0 Å². The van der Waals surface area contributed by atoms with Crippen molar-refractivity contribution in [2.75, 3.05) is 13.2 Å². The minimum absolute atomic E-state index is 0.00986. The number of carbonyl (C=O) groups is 2. The summed E-state index contributed by atoms with van der Waals surface area (Å²) in [4.78, 5) is 24.5. The van der Waals surface area contributed by atoms with E-state index in [1.165, 1.54) is 238 Å². The molecule has 0 radical (unpaired) electrons. The molecule has 6 heteroatoms. The molecule has 0 aromatic heterocycles. The first-order valence-corrected chi connectivity index (χ1v) is 31.1. The number of aliphatic hydroxyl groups excluding tert-OH is 2. The van der Waals surface area contributed by atoms with Gasteiger partial charge in [-0.3, -0.25) is 9.59 Å². The second-order valence-corrected chi connectivity index (χ2v) is 21.4. The molecule has 0 aliphatic heterocycles.